The summed E-state index contributed by atoms with van der Waals surface area (Å²) in [6, 6.07) is 18.3. The molecule has 0 radical (unpaired) electrons. The Balaban J connectivity index is 2.15. The third kappa shape index (κ3) is 2.42. The van der Waals surface area contributed by atoms with Gasteiger partial charge in [0.15, 0.2) is 6.20 Å². The molecule has 122 valence electrons. The zero-order valence-electron chi connectivity index (χ0n) is 14.4. The summed E-state index contributed by atoms with van der Waals surface area (Å²) in [7, 11) is 2.02. The number of aryl methyl sites for hydroxylation is 2. The predicted octanol–water partition coefficient (Wildman–Crippen LogP) is 5.58. The molecule has 1 aromatic heterocycles. The Kier molecular flexibility index (Phi) is 3.61. The van der Waals surface area contributed by atoms with Crippen LogP contribution in [-0.2, 0) is 7.05 Å². The Morgan fingerprint density at radius 2 is 1.76 bits per heavy atom. The average Bonchev–Trinajstić information content (AvgIpc) is 2.63. The fraction of sp³-hybridized carbons (Fsp3) is 0.0870. The maximum absolute atomic E-state index is 14.0. The summed E-state index contributed by atoms with van der Waals surface area (Å²) in [5, 5.41) is 4.79. The molecule has 0 bridgehead atoms. The molecule has 0 unspecified atom stereocenters. The van der Waals surface area contributed by atoms with Crippen LogP contribution in [0.2, 0.25) is 0 Å². The minimum atomic E-state index is -0.202. The van der Waals surface area contributed by atoms with Crippen molar-refractivity contribution in [3.05, 3.63) is 84.3 Å². The molecule has 0 spiro atoms. The van der Waals surface area contributed by atoms with E-state index in [1.807, 2.05) is 13.1 Å². The van der Waals surface area contributed by atoms with E-state index in [-0.39, 0.29) is 5.82 Å². The second kappa shape index (κ2) is 5.82. The first-order valence-corrected chi connectivity index (χ1v) is 8.33. The summed E-state index contributed by atoms with van der Waals surface area (Å²) >= 11 is 0. The summed E-state index contributed by atoms with van der Waals surface area (Å²) in [4.78, 5) is 0. The molecule has 4 aromatic rings. The maximum Gasteiger partial charge on any atom is 0.220 e. The molecular formula is C23H19FN+. The molecule has 3 aromatic carbocycles. The van der Waals surface area contributed by atoms with Crippen molar-refractivity contribution in [3.8, 4) is 11.3 Å². The molecule has 1 heterocycles. The van der Waals surface area contributed by atoms with Gasteiger partial charge in [0.25, 0.3) is 0 Å². The molecule has 0 aliphatic rings. The molecule has 2 heteroatoms. The number of pyridine rings is 1. The van der Waals surface area contributed by atoms with E-state index in [1.54, 1.807) is 19.1 Å². The number of fused-ring (bicyclic) bond motifs is 3. The predicted molar refractivity (Wildman–Crippen MR) is 103 cm³/mol. The molecule has 0 saturated carbocycles. The molecule has 0 saturated heterocycles. The van der Waals surface area contributed by atoms with Crippen molar-refractivity contribution in [2.24, 2.45) is 7.05 Å². The lowest BCUT2D eigenvalue weighted by Gasteiger charge is -2.11. The highest BCUT2D eigenvalue weighted by Crippen LogP contribution is 2.33. The molecule has 0 N–H and O–H groups in total. The normalized spacial score (nSPS) is 11.2. The van der Waals surface area contributed by atoms with Crippen LogP contribution >= 0.6 is 0 Å². The van der Waals surface area contributed by atoms with Crippen LogP contribution < -0.4 is 4.57 Å². The summed E-state index contributed by atoms with van der Waals surface area (Å²) in [6.07, 6.45) is 3.79. The van der Waals surface area contributed by atoms with E-state index in [1.165, 1.54) is 16.2 Å². The number of nitrogens with zero attached hydrogens (tertiary/aromatic N) is 1. The number of hydrogen-bond acceptors (Lipinski definition) is 0. The lowest BCUT2D eigenvalue weighted by Crippen LogP contribution is -2.30. The van der Waals surface area contributed by atoms with Gasteiger partial charge in [0, 0.05) is 11.5 Å². The van der Waals surface area contributed by atoms with Crippen LogP contribution in [-0.4, -0.2) is 0 Å². The lowest BCUT2D eigenvalue weighted by molar-refractivity contribution is -0.659. The molecule has 0 amide bonds. The third-order valence-electron chi connectivity index (χ3n) is 4.85. The first-order valence-electron chi connectivity index (χ1n) is 8.33. The monoisotopic (exact) mass is 328 g/mol. The van der Waals surface area contributed by atoms with E-state index in [0.717, 1.165) is 22.2 Å². The number of rotatable bonds is 2. The lowest BCUT2D eigenvalue weighted by atomic mass is 9.94. The zero-order valence-corrected chi connectivity index (χ0v) is 14.4. The van der Waals surface area contributed by atoms with Gasteiger partial charge in [-0.25, -0.2) is 8.96 Å². The molecule has 4 rings (SSSR count). The van der Waals surface area contributed by atoms with E-state index in [2.05, 4.69) is 59.8 Å². The molecule has 0 atom stereocenters. The number of hydrogen-bond donors (Lipinski definition) is 0. The topological polar surface area (TPSA) is 3.88 Å². The van der Waals surface area contributed by atoms with E-state index in [9.17, 15) is 4.39 Å². The van der Waals surface area contributed by atoms with Crippen LogP contribution in [0.4, 0.5) is 4.39 Å². The zero-order chi connectivity index (χ0) is 17.6. The van der Waals surface area contributed by atoms with Crippen molar-refractivity contribution in [1.29, 1.82) is 0 Å². The maximum atomic E-state index is 14.0. The molecule has 0 aliphatic heterocycles. The summed E-state index contributed by atoms with van der Waals surface area (Å²) < 4.78 is 16.1. The van der Waals surface area contributed by atoms with Crippen LogP contribution in [0, 0.1) is 12.7 Å². The van der Waals surface area contributed by atoms with Crippen LogP contribution in [0.25, 0.3) is 38.9 Å². The van der Waals surface area contributed by atoms with Crippen molar-refractivity contribution in [2.45, 2.75) is 6.92 Å². The van der Waals surface area contributed by atoms with Gasteiger partial charge in [-0.2, -0.15) is 0 Å². The standard InChI is InChI=1S/C23H19FN/c1-4-16-14-22(24)15(2)13-21(16)23-20-10-9-17-7-5-6-8-18(17)19(20)11-12-25(23)3/h4-14H,1H2,2-3H3/q+1. The molecule has 0 fully saturated rings. The second-order valence-electron chi connectivity index (χ2n) is 6.42. The van der Waals surface area contributed by atoms with Gasteiger partial charge in [-0.1, -0.05) is 43.0 Å². The van der Waals surface area contributed by atoms with Gasteiger partial charge in [0.1, 0.15) is 12.9 Å². The van der Waals surface area contributed by atoms with Crippen LogP contribution in [0.1, 0.15) is 11.1 Å². The Morgan fingerprint density at radius 3 is 2.56 bits per heavy atom. The van der Waals surface area contributed by atoms with Gasteiger partial charge in [0.05, 0.1) is 10.9 Å². The highest BCUT2D eigenvalue weighted by atomic mass is 19.1. The second-order valence-corrected chi connectivity index (χ2v) is 6.42. The molecule has 25 heavy (non-hydrogen) atoms. The number of aromatic nitrogens is 1. The Hall–Kier alpha value is -3.00. The van der Waals surface area contributed by atoms with E-state index in [4.69, 9.17) is 0 Å². The summed E-state index contributed by atoms with van der Waals surface area (Å²) in [5.41, 5.74) is 3.51. The fourth-order valence-corrected chi connectivity index (χ4v) is 3.54. The van der Waals surface area contributed by atoms with E-state index < -0.39 is 0 Å². The average molecular weight is 328 g/mol. The van der Waals surface area contributed by atoms with Crippen molar-refractivity contribution >= 4 is 27.6 Å². The fourth-order valence-electron chi connectivity index (χ4n) is 3.54. The van der Waals surface area contributed by atoms with Crippen molar-refractivity contribution in [1.82, 2.24) is 0 Å². The van der Waals surface area contributed by atoms with E-state index >= 15 is 0 Å². The van der Waals surface area contributed by atoms with Gasteiger partial charge in [-0.05, 0) is 47.0 Å². The van der Waals surface area contributed by atoms with Gasteiger partial charge in [0.2, 0.25) is 5.69 Å². The van der Waals surface area contributed by atoms with E-state index in [0.29, 0.717) is 5.56 Å². The Morgan fingerprint density at radius 1 is 0.960 bits per heavy atom. The highest BCUT2D eigenvalue weighted by molar-refractivity contribution is 6.10. The van der Waals surface area contributed by atoms with Gasteiger partial charge >= 0.3 is 0 Å². The summed E-state index contributed by atoms with van der Waals surface area (Å²) in [5.74, 6) is -0.202. The van der Waals surface area contributed by atoms with Crippen molar-refractivity contribution < 1.29 is 8.96 Å². The Labute approximate surface area is 146 Å². The highest BCUT2D eigenvalue weighted by Gasteiger charge is 2.19. The minimum absolute atomic E-state index is 0.202. The van der Waals surface area contributed by atoms with Crippen LogP contribution in [0.3, 0.4) is 0 Å². The number of halogens is 1. The Bertz CT molecular complexity index is 1140. The van der Waals surface area contributed by atoms with Gasteiger partial charge in [-0.3, -0.25) is 0 Å². The van der Waals surface area contributed by atoms with Crippen molar-refractivity contribution in [3.63, 3.8) is 0 Å². The minimum Gasteiger partial charge on any atom is -0.207 e. The smallest absolute Gasteiger partial charge is 0.207 e. The molecular weight excluding hydrogens is 309 g/mol. The SMILES string of the molecule is C=Cc1cc(F)c(C)cc1-c1c2ccc3ccccc3c2cc[n+]1C. The molecule has 0 aliphatic carbocycles. The number of benzene rings is 3. The van der Waals surface area contributed by atoms with Crippen LogP contribution in [0.15, 0.2) is 67.4 Å². The van der Waals surface area contributed by atoms with Crippen molar-refractivity contribution in [2.75, 3.05) is 0 Å². The third-order valence-corrected chi connectivity index (χ3v) is 4.85. The summed E-state index contributed by atoms with van der Waals surface area (Å²) in [6.45, 7) is 5.67. The first-order chi connectivity index (χ1) is 12.1. The van der Waals surface area contributed by atoms with Crippen LogP contribution in [0.5, 0.6) is 0 Å². The molecule has 1 nitrogen and oxygen atoms in total. The first kappa shape index (κ1) is 15.5. The van der Waals surface area contributed by atoms with Gasteiger partial charge < -0.3 is 0 Å². The van der Waals surface area contributed by atoms with Gasteiger partial charge in [-0.15, -0.1) is 0 Å². The largest absolute Gasteiger partial charge is 0.220 e. The quantitative estimate of drug-likeness (QED) is 0.334.